The maximum atomic E-state index is 12.2. The van der Waals surface area contributed by atoms with Crippen molar-refractivity contribution in [1.82, 2.24) is 5.32 Å². The Bertz CT molecular complexity index is 597. The molecule has 0 radical (unpaired) electrons. The maximum Gasteiger partial charge on any atom is 0.407 e. The van der Waals surface area contributed by atoms with Crippen LogP contribution in [0.25, 0.3) is 0 Å². The van der Waals surface area contributed by atoms with Gasteiger partial charge in [0.2, 0.25) is 5.78 Å². The molecule has 114 valence electrons. The van der Waals surface area contributed by atoms with Crippen molar-refractivity contribution < 1.29 is 19.1 Å². The summed E-state index contributed by atoms with van der Waals surface area (Å²) >= 11 is 9.31. The van der Waals surface area contributed by atoms with Gasteiger partial charge in [-0.1, -0.05) is 27.5 Å². The van der Waals surface area contributed by atoms with Crippen molar-refractivity contribution >= 4 is 39.4 Å². The molecule has 21 heavy (non-hydrogen) atoms. The number of nitrogens with one attached hydrogen (secondary N) is 1. The van der Waals surface area contributed by atoms with Gasteiger partial charge >= 0.3 is 6.09 Å². The Balaban J connectivity index is 2.01. The Morgan fingerprint density at radius 1 is 1.48 bits per heavy atom. The Labute approximate surface area is 136 Å². The zero-order valence-electron chi connectivity index (χ0n) is 11.8. The second kappa shape index (κ2) is 5.85. The molecule has 0 spiro atoms. The van der Waals surface area contributed by atoms with Gasteiger partial charge in [-0.25, -0.2) is 4.79 Å². The van der Waals surface area contributed by atoms with Crippen LogP contribution in [-0.4, -0.2) is 30.1 Å². The van der Waals surface area contributed by atoms with Crippen LogP contribution in [0.15, 0.2) is 16.6 Å². The fourth-order valence-corrected chi connectivity index (χ4v) is 2.71. The number of carbonyl (C=O) groups excluding carboxylic acids is 2. The monoisotopic (exact) mass is 375 g/mol. The summed E-state index contributed by atoms with van der Waals surface area (Å²) in [5.74, 6) is 0.130. The lowest BCUT2D eigenvalue weighted by Crippen LogP contribution is -2.40. The summed E-state index contributed by atoms with van der Waals surface area (Å²) in [6.45, 7) is 5.31. The van der Waals surface area contributed by atoms with E-state index in [1.165, 1.54) is 0 Å². The summed E-state index contributed by atoms with van der Waals surface area (Å²) in [5, 5.41) is 2.87. The molecule has 0 bridgehead atoms. The smallest absolute Gasteiger partial charge is 0.407 e. The zero-order chi connectivity index (χ0) is 15.8. The van der Waals surface area contributed by atoms with Crippen LogP contribution in [0.3, 0.4) is 0 Å². The van der Waals surface area contributed by atoms with Gasteiger partial charge in [-0.05, 0) is 32.9 Å². The van der Waals surface area contributed by atoms with Gasteiger partial charge < -0.3 is 14.8 Å². The van der Waals surface area contributed by atoms with Crippen LogP contribution in [-0.2, 0) is 4.74 Å². The number of hydrogen-bond donors (Lipinski definition) is 1. The molecule has 0 aliphatic carbocycles. The van der Waals surface area contributed by atoms with Crippen molar-refractivity contribution in [2.45, 2.75) is 32.5 Å². The average molecular weight is 377 g/mol. The Morgan fingerprint density at radius 2 is 2.14 bits per heavy atom. The molecule has 1 aromatic rings. The third-order valence-electron chi connectivity index (χ3n) is 2.66. The molecule has 1 amide bonds. The van der Waals surface area contributed by atoms with Gasteiger partial charge in [-0.15, -0.1) is 0 Å². The number of hydrogen-bond acceptors (Lipinski definition) is 4. The number of halogens is 2. The van der Waals surface area contributed by atoms with Gasteiger partial charge in [0.15, 0.2) is 6.10 Å². The first-order chi connectivity index (χ1) is 9.67. The number of rotatable bonds is 2. The number of benzene rings is 1. The molecule has 1 aliphatic heterocycles. The van der Waals surface area contributed by atoms with E-state index in [-0.39, 0.29) is 12.3 Å². The van der Waals surface area contributed by atoms with E-state index in [4.69, 9.17) is 21.1 Å². The summed E-state index contributed by atoms with van der Waals surface area (Å²) in [6.07, 6.45) is -1.39. The number of Topliss-reactive ketones (excluding diaryl/α,β-unsaturated/α-hetero) is 1. The number of ketones is 1. The minimum atomic E-state index is -0.792. The highest BCUT2D eigenvalue weighted by Gasteiger charge is 2.34. The molecular formula is C14H15BrClNO4. The van der Waals surface area contributed by atoms with Gasteiger partial charge in [-0.2, -0.15) is 0 Å². The third-order valence-corrected chi connectivity index (χ3v) is 3.40. The summed E-state index contributed by atoms with van der Waals surface area (Å²) in [7, 11) is 0. The van der Waals surface area contributed by atoms with Crippen molar-refractivity contribution in [2.75, 3.05) is 6.54 Å². The number of amides is 1. The van der Waals surface area contributed by atoms with Gasteiger partial charge in [-0.3, -0.25) is 4.79 Å². The maximum absolute atomic E-state index is 12.2. The van der Waals surface area contributed by atoms with Crippen molar-refractivity contribution in [3.8, 4) is 5.75 Å². The Kier molecular flexibility index (Phi) is 4.49. The molecule has 1 aliphatic rings. The van der Waals surface area contributed by atoms with E-state index >= 15 is 0 Å². The zero-order valence-corrected chi connectivity index (χ0v) is 14.2. The minimum Gasteiger partial charge on any atom is -0.478 e. The molecule has 0 aromatic heterocycles. The van der Waals surface area contributed by atoms with Crippen LogP contribution in [0.5, 0.6) is 5.75 Å². The Morgan fingerprint density at radius 3 is 2.76 bits per heavy atom. The van der Waals surface area contributed by atoms with E-state index in [9.17, 15) is 9.59 Å². The van der Waals surface area contributed by atoms with Crippen molar-refractivity contribution in [3.63, 3.8) is 0 Å². The van der Waals surface area contributed by atoms with Crippen LogP contribution < -0.4 is 10.1 Å². The lowest BCUT2D eigenvalue weighted by atomic mass is 10.1. The highest BCUT2D eigenvalue weighted by atomic mass is 79.9. The second-order valence-electron chi connectivity index (χ2n) is 5.62. The molecule has 1 atom stereocenters. The van der Waals surface area contributed by atoms with Crippen molar-refractivity contribution in [1.29, 1.82) is 0 Å². The standard InChI is InChI=1S/C14H15BrClNO4/c1-14(2,3)21-13(19)17-6-10-11(18)8-4-7(15)5-9(16)12(8)20-10/h4-5,10H,6H2,1-3H3,(H,17,19). The number of alkyl carbamates (subject to hydrolysis) is 1. The Hall–Kier alpha value is -1.27. The predicted molar refractivity (Wildman–Crippen MR) is 82.1 cm³/mol. The third kappa shape index (κ3) is 3.89. The summed E-state index contributed by atoms with van der Waals surface area (Å²) in [5.41, 5.74) is -0.188. The molecule has 0 saturated carbocycles. The molecule has 7 heteroatoms. The molecule has 1 N–H and O–H groups in total. The van der Waals surface area contributed by atoms with E-state index in [0.29, 0.717) is 20.8 Å². The number of carbonyl (C=O) groups is 2. The molecule has 1 heterocycles. The van der Waals surface area contributed by atoms with E-state index in [2.05, 4.69) is 21.2 Å². The van der Waals surface area contributed by atoms with Crippen LogP contribution >= 0.6 is 27.5 Å². The molecule has 0 saturated heterocycles. The lowest BCUT2D eigenvalue weighted by Gasteiger charge is -2.20. The van der Waals surface area contributed by atoms with E-state index in [0.717, 1.165) is 0 Å². The quantitative estimate of drug-likeness (QED) is 0.857. The first-order valence-corrected chi connectivity index (χ1v) is 7.51. The predicted octanol–water partition coefficient (Wildman–Crippen LogP) is 3.57. The highest BCUT2D eigenvalue weighted by Crippen LogP contribution is 2.38. The SMILES string of the molecule is CC(C)(C)OC(=O)NCC1Oc2c(Cl)cc(Br)cc2C1=O. The van der Waals surface area contributed by atoms with E-state index in [1.54, 1.807) is 32.9 Å². The molecule has 0 fully saturated rings. The fraction of sp³-hybridized carbons (Fsp3) is 0.429. The van der Waals surface area contributed by atoms with Gasteiger partial charge in [0.1, 0.15) is 11.4 Å². The number of fused-ring (bicyclic) bond motifs is 1. The molecule has 1 aromatic carbocycles. The van der Waals surface area contributed by atoms with Gasteiger partial charge in [0.25, 0.3) is 0 Å². The van der Waals surface area contributed by atoms with Crippen LogP contribution in [0, 0.1) is 0 Å². The number of ether oxygens (including phenoxy) is 2. The second-order valence-corrected chi connectivity index (χ2v) is 6.94. The lowest BCUT2D eigenvalue weighted by molar-refractivity contribution is 0.0503. The van der Waals surface area contributed by atoms with Crippen molar-refractivity contribution in [2.24, 2.45) is 0 Å². The first-order valence-electron chi connectivity index (χ1n) is 6.34. The van der Waals surface area contributed by atoms with Crippen LogP contribution in [0.2, 0.25) is 5.02 Å². The van der Waals surface area contributed by atoms with Crippen molar-refractivity contribution in [3.05, 3.63) is 27.2 Å². The topological polar surface area (TPSA) is 64.6 Å². The molecular weight excluding hydrogens is 362 g/mol. The summed E-state index contributed by atoms with van der Waals surface area (Å²) in [6, 6.07) is 3.30. The molecule has 2 rings (SSSR count). The minimum absolute atomic E-state index is 0.0242. The van der Waals surface area contributed by atoms with E-state index in [1.807, 2.05) is 0 Å². The van der Waals surface area contributed by atoms with E-state index < -0.39 is 17.8 Å². The van der Waals surface area contributed by atoms with Crippen LogP contribution in [0.1, 0.15) is 31.1 Å². The average Bonchev–Trinajstić information content (AvgIpc) is 2.63. The molecule has 5 nitrogen and oxygen atoms in total. The highest BCUT2D eigenvalue weighted by molar-refractivity contribution is 9.10. The fourth-order valence-electron chi connectivity index (χ4n) is 1.86. The summed E-state index contributed by atoms with van der Waals surface area (Å²) in [4.78, 5) is 23.8. The largest absolute Gasteiger partial charge is 0.478 e. The first kappa shape index (κ1) is 16.1. The molecule has 1 unspecified atom stereocenters. The normalized spacial score (nSPS) is 17.2. The van der Waals surface area contributed by atoms with Crippen LogP contribution in [0.4, 0.5) is 4.79 Å². The van der Waals surface area contributed by atoms with Gasteiger partial charge in [0.05, 0.1) is 17.1 Å². The van der Waals surface area contributed by atoms with Gasteiger partial charge in [0, 0.05) is 4.47 Å². The summed E-state index contributed by atoms with van der Waals surface area (Å²) < 4.78 is 11.3.